The maximum atomic E-state index is 12.1. The molecule has 0 radical (unpaired) electrons. The first-order valence-corrected chi connectivity index (χ1v) is 7.76. The van der Waals surface area contributed by atoms with E-state index < -0.39 is 0 Å². The van der Waals surface area contributed by atoms with Crippen LogP contribution in [-0.4, -0.2) is 17.7 Å². The Balaban J connectivity index is 2.70. The number of rotatable bonds is 1. The van der Waals surface area contributed by atoms with Gasteiger partial charge in [0, 0.05) is 12.0 Å². The molecule has 1 aromatic carbocycles. The molecule has 1 saturated heterocycles. The van der Waals surface area contributed by atoms with Crippen molar-refractivity contribution < 1.29 is 14.6 Å². The van der Waals surface area contributed by atoms with Crippen LogP contribution < -0.4 is 0 Å². The Kier molecular flexibility index (Phi) is 4.12. The van der Waals surface area contributed by atoms with Gasteiger partial charge in [0.15, 0.2) is 0 Å². The average Bonchev–Trinajstić information content (AvgIpc) is 2.72. The Morgan fingerprint density at radius 3 is 2.18 bits per heavy atom. The molecule has 0 bridgehead atoms. The third kappa shape index (κ3) is 3.34. The smallest absolute Gasteiger partial charge is 0.334 e. The highest BCUT2D eigenvalue weighted by atomic mass is 16.5. The lowest BCUT2D eigenvalue weighted by atomic mass is 9.76. The predicted molar refractivity (Wildman–Crippen MR) is 88.8 cm³/mol. The Morgan fingerprint density at radius 1 is 1.09 bits per heavy atom. The summed E-state index contributed by atoms with van der Waals surface area (Å²) in [6, 6.07) is 5.62. The minimum Gasteiger partial charge on any atom is -0.508 e. The number of hydrogen-bond donors (Lipinski definition) is 1. The van der Waals surface area contributed by atoms with Gasteiger partial charge in [0.1, 0.15) is 5.75 Å². The summed E-state index contributed by atoms with van der Waals surface area (Å²) in [5.41, 5.74) is 3.38. The van der Waals surface area contributed by atoms with Crippen LogP contribution >= 0.6 is 0 Å². The molecule has 3 heteroatoms. The molecule has 0 aliphatic carbocycles. The summed E-state index contributed by atoms with van der Waals surface area (Å²) in [7, 11) is 0. The van der Waals surface area contributed by atoms with Gasteiger partial charge in [-0.1, -0.05) is 47.6 Å². The minimum absolute atomic E-state index is 0.0721. The number of benzene rings is 1. The van der Waals surface area contributed by atoms with Crippen LogP contribution in [0.5, 0.6) is 5.75 Å². The number of ether oxygens (including phenoxy) is 1. The van der Waals surface area contributed by atoms with Crippen molar-refractivity contribution in [2.75, 3.05) is 6.61 Å². The highest BCUT2D eigenvalue weighted by Crippen LogP contribution is 2.41. The number of phenolic OH excluding ortho intramolecular Hbond substituents is 1. The summed E-state index contributed by atoms with van der Waals surface area (Å²) in [6.07, 6.45) is 0.631. The molecule has 1 N–H and O–H groups in total. The predicted octanol–water partition coefficient (Wildman–Crippen LogP) is 4.44. The van der Waals surface area contributed by atoms with Crippen LogP contribution in [-0.2, 0) is 14.9 Å². The lowest BCUT2D eigenvalue weighted by molar-refractivity contribution is -0.135. The number of esters is 1. The fourth-order valence-corrected chi connectivity index (χ4v) is 2.91. The molecule has 0 saturated carbocycles. The van der Waals surface area contributed by atoms with Crippen LogP contribution in [0.2, 0.25) is 0 Å². The standard InChI is InChI=1S/C19H26O3/c1-18(2,3)13-9-12(10-14(20)11-13)16(19(4,5)6)15-7-8-22-17(15)21/h9-11,20H,7-8H2,1-6H3. The topological polar surface area (TPSA) is 46.5 Å². The Hall–Kier alpha value is -1.77. The van der Waals surface area contributed by atoms with Crippen LogP contribution in [0.15, 0.2) is 23.8 Å². The van der Waals surface area contributed by atoms with Crippen molar-refractivity contribution in [3.8, 4) is 5.75 Å². The van der Waals surface area contributed by atoms with Gasteiger partial charge in [-0.3, -0.25) is 0 Å². The first-order chi connectivity index (χ1) is 10.00. The van der Waals surface area contributed by atoms with Gasteiger partial charge in [-0.2, -0.15) is 0 Å². The average molecular weight is 302 g/mol. The number of allylic oxidation sites excluding steroid dienone is 1. The molecule has 3 nitrogen and oxygen atoms in total. The summed E-state index contributed by atoms with van der Waals surface area (Å²) < 4.78 is 5.13. The van der Waals surface area contributed by atoms with Crippen molar-refractivity contribution >= 4 is 11.5 Å². The quantitative estimate of drug-likeness (QED) is 0.616. The maximum Gasteiger partial charge on any atom is 0.334 e. The summed E-state index contributed by atoms with van der Waals surface area (Å²) in [6.45, 7) is 13.0. The SMILES string of the molecule is CC(C)(C)C(=C1CCOC1=O)c1cc(O)cc(C(C)(C)C)c1. The van der Waals surface area contributed by atoms with Gasteiger partial charge in [-0.05, 0) is 39.7 Å². The van der Waals surface area contributed by atoms with E-state index in [2.05, 4.69) is 47.6 Å². The molecule has 1 fully saturated rings. The summed E-state index contributed by atoms with van der Waals surface area (Å²) in [5.74, 6) is 0.00159. The summed E-state index contributed by atoms with van der Waals surface area (Å²) in [5, 5.41) is 10.1. The van der Waals surface area contributed by atoms with Crippen LogP contribution in [0.1, 0.15) is 59.1 Å². The maximum absolute atomic E-state index is 12.1. The molecule has 0 spiro atoms. The molecule has 2 rings (SSSR count). The summed E-state index contributed by atoms with van der Waals surface area (Å²) in [4.78, 5) is 12.1. The van der Waals surface area contributed by atoms with Gasteiger partial charge in [-0.15, -0.1) is 0 Å². The lowest BCUT2D eigenvalue weighted by Crippen LogP contribution is -2.16. The third-order valence-electron chi connectivity index (χ3n) is 3.96. The Morgan fingerprint density at radius 2 is 1.73 bits per heavy atom. The molecule has 0 atom stereocenters. The number of carbonyl (C=O) groups excluding carboxylic acids is 1. The zero-order valence-electron chi connectivity index (χ0n) is 14.4. The first-order valence-electron chi connectivity index (χ1n) is 7.76. The molecule has 1 aliphatic rings. The second kappa shape index (κ2) is 5.45. The van der Waals surface area contributed by atoms with Crippen molar-refractivity contribution in [1.29, 1.82) is 0 Å². The van der Waals surface area contributed by atoms with Crippen molar-refractivity contribution in [2.45, 2.75) is 53.4 Å². The lowest BCUT2D eigenvalue weighted by Gasteiger charge is -2.27. The number of carbonyl (C=O) groups is 1. The number of hydrogen-bond acceptors (Lipinski definition) is 3. The fraction of sp³-hybridized carbons (Fsp3) is 0.526. The van der Waals surface area contributed by atoms with Gasteiger partial charge >= 0.3 is 5.97 Å². The second-order valence-corrected chi connectivity index (χ2v) is 8.01. The van der Waals surface area contributed by atoms with E-state index in [1.807, 2.05) is 0 Å². The Labute approximate surface area is 133 Å². The normalized spacial score (nSPS) is 18.4. The van der Waals surface area contributed by atoms with Gasteiger partial charge in [0.25, 0.3) is 0 Å². The van der Waals surface area contributed by atoms with Crippen LogP contribution in [0.4, 0.5) is 0 Å². The van der Waals surface area contributed by atoms with Gasteiger partial charge < -0.3 is 9.84 Å². The zero-order valence-corrected chi connectivity index (χ0v) is 14.4. The molecule has 1 aromatic rings. The van der Waals surface area contributed by atoms with Crippen molar-refractivity contribution in [3.05, 3.63) is 34.9 Å². The van der Waals surface area contributed by atoms with E-state index in [-0.39, 0.29) is 22.5 Å². The molecule has 0 amide bonds. The molecule has 1 aliphatic heterocycles. The minimum atomic E-state index is -0.231. The van der Waals surface area contributed by atoms with Crippen molar-refractivity contribution in [3.63, 3.8) is 0 Å². The molecule has 0 aromatic heterocycles. The molecule has 1 heterocycles. The number of aromatic hydroxyl groups is 1. The molecule has 120 valence electrons. The van der Waals surface area contributed by atoms with Gasteiger partial charge in [0.05, 0.1) is 6.61 Å². The zero-order chi connectivity index (χ0) is 16.7. The van der Waals surface area contributed by atoms with E-state index in [9.17, 15) is 9.90 Å². The highest BCUT2D eigenvalue weighted by Gasteiger charge is 2.31. The van der Waals surface area contributed by atoms with E-state index in [1.165, 1.54) is 0 Å². The third-order valence-corrected chi connectivity index (χ3v) is 3.96. The molecular formula is C19H26O3. The van der Waals surface area contributed by atoms with Crippen molar-refractivity contribution in [2.24, 2.45) is 5.41 Å². The van der Waals surface area contributed by atoms with Gasteiger partial charge in [-0.25, -0.2) is 4.79 Å². The van der Waals surface area contributed by atoms with E-state index in [4.69, 9.17) is 4.74 Å². The largest absolute Gasteiger partial charge is 0.508 e. The van der Waals surface area contributed by atoms with Gasteiger partial charge in [0.2, 0.25) is 0 Å². The monoisotopic (exact) mass is 302 g/mol. The number of cyclic esters (lactones) is 1. The van der Waals surface area contributed by atoms with Crippen LogP contribution in [0.3, 0.4) is 0 Å². The molecule has 0 unspecified atom stereocenters. The van der Waals surface area contributed by atoms with Crippen LogP contribution in [0.25, 0.3) is 5.57 Å². The molecular weight excluding hydrogens is 276 g/mol. The Bertz CT molecular complexity index is 625. The van der Waals surface area contributed by atoms with E-state index in [0.29, 0.717) is 13.0 Å². The summed E-state index contributed by atoms with van der Waals surface area (Å²) >= 11 is 0. The van der Waals surface area contributed by atoms with Crippen molar-refractivity contribution in [1.82, 2.24) is 0 Å². The second-order valence-electron chi connectivity index (χ2n) is 8.01. The van der Waals surface area contributed by atoms with Crippen LogP contribution in [0, 0.1) is 5.41 Å². The van der Waals surface area contributed by atoms with E-state index >= 15 is 0 Å². The molecule has 22 heavy (non-hydrogen) atoms. The fourth-order valence-electron chi connectivity index (χ4n) is 2.91. The number of phenols is 1. The van der Waals surface area contributed by atoms with E-state index in [1.54, 1.807) is 12.1 Å². The van der Waals surface area contributed by atoms with E-state index in [0.717, 1.165) is 22.3 Å². The highest BCUT2D eigenvalue weighted by molar-refractivity contribution is 6.00. The first kappa shape index (κ1) is 16.6.